The number of benzene rings is 2. The number of aryl methyl sites for hydroxylation is 1. The first-order valence-corrected chi connectivity index (χ1v) is 10.3. The Morgan fingerprint density at radius 2 is 1.91 bits per heavy atom. The number of esters is 1. The molecule has 4 aromatic rings. The van der Waals surface area contributed by atoms with Crippen molar-refractivity contribution >= 4 is 33.6 Å². The standard InChI is InChI=1S/C25H23NO6/c1-14-17-9-8-16(30-3)12-22(17)32-25(29)18(14)10-11-23(27)31-15(2)24(28)20-13-26-21-7-5-4-6-19(20)21/h4-9,12-13,15,26H,10-11H2,1-3H3. The van der Waals surface area contributed by atoms with Gasteiger partial charge in [0, 0.05) is 46.1 Å². The van der Waals surface area contributed by atoms with E-state index in [-0.39, 0.29) is 18.6 Å². The summed E-state index contributed by atoms with van der Waals surface area (Å²) in [5, 5.41) is 1.55. The van der Waals surface area contributed by atoms with Crippen LogP contribution in [-0.2, 0) is 16.0 Å². The van der Waals surface area contributed by atoms with Gasteiger partial charge in [-0.2, -0.15) is 0 Å². The van der Waals surface area contributed by atoms with Crippen LogP contribution in [0, 0.1) is 6.92 Å². The Balaban J connectivity index is 1.45. The fourth-order valence-electron chi connectivity index (χ4n) is 3.82. The van der Waals surface area contributed by atoms with Crippen LogP contribution < -0.4 is 10.4 Å². The van der Waals surface area contributed by atoms with E-state index in [9.17, 15) is 14.4 Å². The molecule has 0 amide bonds. The molecule has 0 bridgehead atoms. The Hall–Kier alpha value is -3.87. The minimum absolute atomic E-state index is 0.0429. The van der Waals surface area contributed by atoms with E-state index < -0.39 is 17.7 Å². The lowest BCUT2D eigenvalue weighted by molar-refractivity contribution is -0.146. The highest BCUT2D eigenvalue weighted by molar-refractivity contribution is 6.10. The van der Waals surface area contributed by atoms with Crippen LogP contribution in [0.4, 0.5) is 0 Å². The zero-order valence-corrected chi connectivity index (χ0v) is 18.1. The van der Waals surface area contributed by atoms with Crippen LogP contribution in [0.5, 0.6) is 5.75 Å². The second-order valence-electron chi connectivity index (χ2n) is 7.60. The van der Waals surface area contributed by atoms with Crippen molar-refractivity contribution in [2.45, 2.75) is 32.8 Å². The average Bonchev–Trinajstić information content (AvgIpc) is 3.22. The van der Waals surface area contributed by atoms with E-state index in [1.807, 2.05) is 37.3 Å². The van der Waals surface area contributed by atoms with Crippen molar-refractivity contribution in [3.05, 3.63) is 75.8 Å². The number of aromatic nitrogens is 1. The molecule has 0 aliphatic heterocycles. The number of carbonyl (C=O) groups excluding carboxylic acids is 2. The van der Waals surface area contributed by atoms with Crippen molar-refractivity contribution in [1.29, 1.82) is 0 Å². The summed E-state index contributed by atoms with van der Waals surface area (Å²) in [5.41, 5.74) is 2.40. The normalized spacial score (nSPS) is 12.1. The second kappa shape index (κ2) is 8.70. The summed E-state index contributed by atoms with van der Waals surface area (Å²) in [7, 11) is 1.54. The van der Waals surface area contributed by atoms with Gasteiger partial charge in [0.15, 0.2) is 6.10 Å². The fourth-order valence-corrected chi connectivity index (χ4v) is 3.82. The maximum absolute atomic E-state index is 12.8. The largest absolute Gasteiger partial charge is 0.497 e. The number of carbonyl (C=O) groups is 2. The number of H-pyrrole nitrogens is 1. The SMILES string of the molecule is COc1ccc2c(C)c(CCC(=O)OC(C)C(=O)c3c[nH]c4ccccc34)c(=O)oc2c1. The lowest BCUT2D eigenvalue weighted by Gasteiger charge is -2.12. The summed E-state index contributed by atoms with van der Waals surface area (Å²) < 4.78 is 15.9. The highest BCUT2D eigenvalue weighted by Gasteiger charge is 2.23. The minimum atomic E-state index is -0.941. The number of ketones is 1. The smallest absolute Gasteiger partial charge is 0.339 e. The number of para-hydroxylation sites is 1. The van der Waals surface area contributed by atoms with Crippen molar-refractivity contribution < 1.29 is 23.5 Å². The molecule has 4 rings (SSSR count). The molecule has 164 valence electrons. The molecule has 2 heterocycles. The number of Topliss-reactive ketones (excluding diaryl/α,β-unsaturated/α-hetero) is 1. The molecule has 0 saturated carbocycles. The van der Waals surface area contributed by atoms with E-state index in [2.05, 4.69) is 4.98 Å². The molecule has 2 aromatic heterocycles. The maximum Gasteiger partial charge on any atom is 0.339 e. The van der Waals surface area contributed by atoms with E-state index in [0.717, 1.165) is 21.9 Å². The van der Waals surface area contributed by atoms with Gasteiger partial charge in [-0.05, 0) is 44.0 Å². The average molecular weight is 433 g/mol. The molecule has 0 radical (unpaired) electrons. The molecule has 7 nitrogen and oxygen atoms in total. The van der Waals surface area contributed by atoms with Gasteiger partial charge in [0.25, 0.3) is 0 Å². The summed E-state index contributed by atoms with van der Waals surface area (Å²) in [5.74, 6) is -0.254. The van der Waals surface area contributed by atoms with Crippen LogP contribution in [0.25, 0.3) is 21.9 Å². The Labute approximate surface area is 183 Å². The lowest BCUT2D eigenvalue weighted by Crippen LogP contribution is -2.25. The van der Waals surface area contributed by atoms with Crippen LogP contribution in [0.2, 0.25) is 0 Å². The molecule has 32 heavy (non-hydrogen) atoms. The van der Waals surface area contributed by atoms with Gasteiger partial charge in [-0.15, -0.1) is 0 Å². The van der Waals surface area contributed by atoms with Crippen molar-refractivity contribution in [3.8, 4) is 5.75 Å². The van der Waals surface area contributed by atoms with Crippen LogP contribution in [-0.4, -0.2) is 30.0 Å². The van der Waals surface area contributed by atoms with Crippen molar-refractivity contribution in [2.24, 2.45) is 0 Å². The third kappa shape index (κ3) is 4.01. The summed E-state index contributed by atoms with van der Waals surface area (Å²) in [4.78, 5) is 40.7. The molecule has 0 aliphatic carbocycles. The number of nitrogens with one attached hydrogen (secondary N) is 1. The number of methoxy groups -OCH3 is 1. The highest BCUT2D eigenvalue weighted by atomic mass is 16.5. The zero-order valence-electron chi connectivity index (χ0n) is 18.1. The van der Waals surface area contributed by atoms with E-state index >= 15 is 0 Å². The van der Waals surface area contributed by atoms with Gasteiger partial charge in [0.1, 0.15) is 11.3 Å². The molecular formula is C25H23NO6. The number of aromatic amines is 1. The van der Waals surface area contributed by atoms with Gasteiger partial charge in [0.05, 0.1) is 7.11 Å². The van der Waals surface area contributed by atoms with Crippen molar-refractivity contribution in [3.63, 3.8) is 0 Å². The van der Waals surface area contributed by atoms with Gasteiger partial charge in [-0.25, -0.2) is 4.79 Å². The lowest BCUT2D eigenvalue weighted by atomic mass is 10.0. The molecule has 0 fully saturated rings. The van der Waals surface area contributed by atoms with E-state index in [1.165, 1.54) is 7.11 Å². The third-order valence-corrected chi connectivity index (χ3v) is 5.61. The third-order valence-electron chi connectivity index (χ3n) is 5.61. The summed E-state index contributed by atoms with van der Waals surface area (Å²) in [6.07, 6.45) is 0.792. The predicted molar refractivity (Wildman–Crippen MR) is 120 cm³/mol. The van der Waals surface area contributed by atoms with Gasteiger partial charge in [-0.1, -0.05) is 18.2 Å². The van der Waals surface area contributed by atoms with E-state index in [0.29, 0.717) is 22.5 Å². The Kier molecular flexibility index (Phi) is 5.81. The first-order valence-electron chi connectivity index (χ1n) is 10.3. The molecular weight excluding hydrogens is 410 g/mol. The topological polar surface area (TPSA) is 98.6 Å². The minimum Gasteiger partial charge on any atom is -0.497 e. The van der Waals surface area contributed by atoms with E-state index in [1.54, 1.807) is 25.3 Å². The quantitative estimate of drug-likeness (QED) is 0.264. The molecule has 7 heteroatoms. The molecule has 0 aliphatic rings. The van der Waals surface area contributed by atoms with E-state index in [4.69, 9.17) is 13.9 Å². The first kappa shape index (κ1) is 21.4. The Bertz CT molecular complexity index is 1380. The van der Waals surface area contributed by atoms with Crippen LogP contribution in [0.3, 0.4) is 0 Å². The molecule has 0 saturated heterocycles. The highest BCUT2D eigenvalue weighted by Crippen LogP contribution is 2.25. The monoisotopic (exact) mass is 433 g/mol. The Morgan fingerprint density at radius 1 is 1.12 bits per heavy atom. The Morgan fingerprint density at radius 3 is 2.69 bits per heavy atom. The predicted octanol–water partition coefficient (Wildman–Crippen LogP) is 4.34. The number of hydrogen-bond acceptors (Lipinski definition) is 6. The number of hydrogen-bond donors (Lipinski definition) is 1. The van der Waals surface area contributed by atoms with Crippen molar-refractivity contribution in [2.75, 3.05) is 7.11 Å². The number of ether oxygens (including phenoxy) is 2. The van der Waals surface area contributed by atoms with Gasteiger partial charge < -0.3 is 18.9 Å². The molecule has 1 N–H and O–H groups in total. The van der Waals surface area contributed by atoms with Gasteiger partial charge in [0.2, 0.25) is 5.78 Å². The molecule has 0 spiro atoms. The summed E-state index contributed by atoms with van der Waals surface area (Å²) in [6.45, 7) is 3.36. The second-order valence-corrected chi connectivity index (χ2v) is 7.60. The summed E-state index contributed by atoms with van der Waals surface area (Å²) in [6, 6.07) is 12.7. The number of fused-ring (bicyclic) bond motifs is 2. The summed E-state index contributed by atoms with van der Waals surface area (Å²) >= 11 is 0. The number of rotatable bonds is 7. The van der Waals surface area contributed by atoms with Crippen LogP contribution in [0.1, 0.15) is 34.8 Å². The molecule has 1 unspecified atom stereocenters. The maximum atomic E-state index is 12.8. The zero-order chi connectivity index (χ0) is 22.8. The van der Waals surface area contributed by atoms with Gasteiger partial charge >= 0.3 is 11.6 Å². The van der Waals surface area contributed by atoms with Crippen LogP contribution in [0.15, 0.2) is 57.9 Å². The molecule has 1 atom stereocenters. The van der Waals surface area contributed by atoms with Gasteiger partial charge in [-0.3, -0.25) is 9.59 Å². The fraction of sp³-hybridized carbons (Fsp3) is 0.240. The first-order chi connectivity index (χ1) is 15.4. The molecule has 2 aromatic carbocycles. The van der Waals surface area contributed by atoms with Crippen molar-refractivity contribution in [1.82, 2.24) is 4.98 Å². The van der Waals surface area contributed by atoms with Crippen LogP contribution >= 0.6 is 0 Å².